The highest BCUT2D eigenvalue weighted by Gasteiger charge is 2.10. The first-order chi connectivity index (χ1) is 11.9. The molecule has 0 aliphatic rings. The van der Waals surface area contributed by atoms with Gasteiger partial charge in [-0.25, -0.2) is 9.67 Å². The number of amides is 1. The fraction of sp³-hybridized carbons (Fsp3) is 0.222. The van der Waals surface area contributed by atoms with E-state index in [1.807, 2.05) is 44.0 Å². The van der Waals surface area contributed by atoms with Crippen LogP contribution in [0.3, 0.4) is 0 Å². The van der Waals surface area contributed by atoms with Crippen molar-refractivity contribution in [2.45, 2.75) is 20.4 Å². The van der Waals surface area contributed by atoms with Gasteiger partial charge in [0, 0.05) is 24.8 Å². The lowest BCUT2D eigenvalue weighted by molar-refractivity contribution is 0.1000. The van der Waals surface area contributed by atoms with Gasteiger partial charge in [-0.05, 0) is 37.6 Å². The zero-order valence-electron chi connectivity index (χ0n) is 14.5. The highest BCUT2D eigenvalue weighted by molar-refractivity contribution is 5.92. The fourth-order valence-corrected chi connectivity index (χ4v) is 2.67. The van der Waals surface area contributed by atoms with Crippen molar-refractivity contribution in [1.29, 1.82) is 0 Å². The van der Waals surface area contributed by atoms with Crippen LogP contribution in [-0.2, 0) is 6.54 Å². The summed E-state index contributed by atoms with van der Waals surface area (Å²) >= 11 is 0. The zero-order chi connectivity index (χ0) is 18.0. The van der Waals surface area contributed by atoms with Crippen molar-refractivity contribution in [3.8, 4) is 5.82 Å². The molecule has 128 valence electrons. The lowest BCUT2D eigenvalue weighted by Gasteiger charge is -2.19. The number of anilines is 1. The van der Waals surface area contributed by atoms with Crippen molar-refractivity contribution in [1.82, 2.24) is 19.7 Å². The molecule has 0 aliphatic heterocycles. The summed E-state index contributed by atoms with van der Waals surface area (Å²) in [6.07, 6.45) is 3.39. The molecule has 0 bridgehead atoms. The molecule has 7 nitrogen and oxygen atoms in total. The van der Waals surface area contributed by atoms with Crippen molar-refractivity contribution >= 4 is 11.7 Å². The van der Waals surface area contributed by atoms with Crippen LogP contribution in [0, 0.1) is 13.8 Å². The first kappa shape index (κ1) is 16.6. The van der Waals surface area contributed by atoms with E-state index >= 15 is 0 Å². The Morgan fingerprint density at radius 3 is 2.72 bits per heavy atom. The van der Waals surface area contributed by atoms with Gasteiger partial charge in [0.2, 0.25) is 5.91 Å². The van der Waals surface area contributed by atoms with Gasteiger partial charge >= 0.3 is 0 Å². The number of aryl methyl sites for hydroxylation is 2. The van der Waals surface area contributed by atoms with Crippen molar-refractivity contribution in [3.05, 3.63) is 65.2 Å². The number of rotatable bonds is 5. The molecule has 2 N–H and O–H groups in total. The monoisotopic (exact) mass is 336 g/mol. The standard InChI is InChI=1S/C18H20N6O/c1-12-7-13(2)24(22-12)17-10-20-9-16(21-17)23(3)11-14-5-4-6-15(8-14)18(19)25/h4-10H,11H2,1-3H3,(H2,19,25). The predicted molar refractivity (Wildman–Crippen MR) is 95.7 cm³/mol. The van der Waals surface area contributed by atoms with Crippen LogP contribution < -0.4 is 10.6 Å². The molecule has 3 aromatic rings. The molecule has 0 unspecified atom stereocenters. The quantitative estimate of drug-likeness (QED) is 0.770. The van der Waals surface area contributed by atoms with Gasteiger partial charge in [0.1, 0.15) is 5.82 Å². The lowest BCUT2D eigenvalue weighted by atomic mass is 10.1. The molecule has 0 aliphatic carbocycles. The third kappa shape index (κ3) is 3.65. The van der Waals surface area contributed by atoms with Gasteiger partial charge in [-0.3, -0.25) is 9.78 Å². The van der Waals surface area contributed by atoms with Crippen LogP contribution in [0.25, 0.3) is 5.82 Å². The number of carbonyl (C=O) groups excluding carboxylic acids is 1. The first-order valence-corrected chi connectivity index (χ1v) is 7.89. The van der Waals surface area contributed by atoms with Crippen LogP contribution in [0.15, 0.2) is 42.7 Å². The number of nitrogens with two attached hydrogens (primary N) is 1. The van der Waals surface area contributed by atoms with E-state index in [9.17, 15) is 4.79 Å². The Labute approximate surface area is 146 Å². The molecule has 0 radical (unpaired) electrons. The van der Waals surface area contributed by atoms with Crippen LogP contribution in [0.1, 0.15) is 27.3 Å². The third-order valence-electron chi connectivity index (χ3n) is 3.86. The molecule has 3 rings (SSSR count). The van der Waals surface area contributed by atoms with Gasteiger partial charge in [0.15, 0.2) is 5.82 Å². The number of carbonyl (C=O) groups is 1. The second kappa shape index (κ2) is 6.72. The van der Waals surface area contributed by atoms with Crippen molar-refractivity contribution in [2.24, 2.45) is 5.73 Å². The Morgan fingerprint density at radius 2 is 2.04 bits per heavy atom. The smallest absolute Gasteiger partial charge is 0.248 e. The summed E-state index contributed by atoms with van der Waals surface area (Å²) in [6.45, 7) is 4.50. The fourth-order valence-electron chi connectivity index (χ4n) is 2.67. The Balaban J connectivity index is 1.84. The average Bonchev–Trinajstić information content (AvgIpc) is 2.93. The molecule has 7 heteroatoms. The molecular weight excluding hydrogens is 316 g/mol. The Bertz CT molecular complexity index is 917. The number of hydrogen-bond acceptors (Lipinski definition) is 5. The summed E-state index contributed by atoms with van der Waals surface area (Å²) in [5.74, 6) is 0.950. The molecule has 0 spiro atoms. The molecule has 0 saturated heterocycles. The molecule has 25 heavy (non-hydrogen) atoms. The van der Waals surface area contributed by atoms with Crippen LogP contribution in [-0.4, -0.2) is 32.7 Å². The molecule has 1 aromatic carbocycles. The molecule has 2 aromatic heterocycles. The van der Waals surface area contributed by atoms with Gasteiger partial charge in [-0.15, -0.1) is 0 Å². The van der Waals surface area contributed by atoms with E-state index in [2.05, 4.69) is 15.1 Å². The summed E-state index contributed by atoms with van der Waals surface area (Å²) in [6, 6.07) is 9.25. The van der Waals surface area contributed by atoms with E-state index in [-0.39, 0.29) is 0 Å². The van der Waals surface area contributed by atoms with Crippen LogP contribution in [0.4, 0.5) is 5.82 Å². The Hall–Kier alpha value is -3.22. The van der Waals surface area contributed by atoms with Crippen molar-refractivity contribution in [2.75, 3.05) is 11.9 Å². The summed E-state index contributed by atoms with van der Waals surface area (Å²) in [4.78, 5) is 22.2. The number of hydrogen-bond donors (Lipinski definition) is 1. The average molecular weight is 336 g/mol. The van der Waals surface area contributed by atoms with Crippen LogP contribution in [0.2, 0.25) is 0 Å². The molecular formula is C18H20N6O. The first-order valence-electron chi connectivity index (χ1n) is 7.89. The lowest BCUT2D eigenvalue weighted by Crippen LogP contribution is -2.19. The predicted octanol–water partition coefficient (Wildman–Crippen LogP) is 2.01. The van der Waals surface area contributed by atoms with E-state index in [0.717, 1.165) is 22.8 Å². The minimum Gasteiger partial charge on any atom is -0.366 e. The second-order valence-corrected chi connectivity index (χ2v) is 6.00. The summed E-state index contributed by atoms with van der Waals surface area (Å²) in [5.41, 5.74) is 8.74. The summed E-state index contributed by atoms with van der Waals surface area (Å²) in [7, 11) is 1.92. The van der Waals surface area contributed by atoms with Gasteiger partial charge in [0.05, 0.1) is 18.1 Å². The summed E-state index contributed by atoms with van der Waals surface area (Å²) < 4.78 is 1.77. The molecule has 0 fully saturated rings. The number of primary amides is 1. The van der Waals surface area contributed by atoms with E-state index in [0.29, 0.717) is 17.9 Å². The van der Waals surface area contributed by atoms with E-state index in [1.165, 1.54) is 0 Å². The molecule has 2 heterocycles. The van der Waals surface area contributed by atoms with Crippen LogP contribution >= 0.6 is 0 Å². The van der Waals surface area contributed by atoms with Gasteiger partial charge in [-0.2, -0.15) is 5.10 Å². The maximum atomic E-state index is 11.3. The van der Waals surface area contributed by atoms with E-state index in [1.54, 1.807) is 29.2 Å². The Kier molecular flexibility index (Phi) is 4.47. The maximum Gasteiger partial charge on any atom is 0.248 e. The topological polar surface area (TPSA) is 89.9 Å². The minimum atomic E-state index is -0.434. The normalized spacial score (nSPS) is 10.7. The number of aromatic nitrogens is 4. The Morgan fingerprint density at radius 1 is 1.24 bits per heavy atom. The van der Waals surface area contributed by atoms with Gasteiger partial charge in [0.25, 0.3) is 0 Å². The molecule has 0 atom stereocenters. The van der Waals surface area contributed by atoms with Crippen molar-refractivity contribution < 1.29 is 4.79 Å². The second-order valence-electron chi connectivity index (χ2n) is 6.00. The summed E-state index contributed by atoms with van der Waals surface area (Å²) in [5, 5.41) is 4.44. The largest absolute Gasteiger partial charge is 0.366 e. The SMILES string of the molecule is Cc1cc(C)n(-c2cncc(N(C)Cc3cccc(C(N)=O)c3)n2)n1. The van der Waals surface area contributed by atoms with E-state index < -0.39 is 5.91 Å². The zero-order valence-corrected chi connectivity index (χ0v) is 14.5. The van der Waals surface area contributed by atoms with E-state index in [4.69, 9.17) is 5.73 Å². The van der Waals surface area contributed by atoms with Gasteiger partial charge < -0.3 is 10.6 Å². The number of nitrogens with zero attached hydrogens (tertiary/aromatic N) is 5. The van der Waals surface area contributed by atoms with Crippen molar-refractivity contribution in [3.63, 3.8) is 0 Å². The van der Waals surface area contributed by atoms with Gasteiger partial charge in [-0.1, -0.05) is 12.1 Å². The number of benzene rings is 1. The highest BCUT2D eigenvalue weighted by atomic mass is 16.1. The third-order valence-corrected chi connectivity index (χ3v) is 3.86. The van der Waals surface area contributed by atoms with Crippen LogP contribution in [0.5, 0.6) is 0 Å². The maximum absolute atomic E-state index is 11.3. The molecule has 0 saturated carbocycles. The minimum absolute atomic E-state index is 0.434. The molecule has 1 amide bonds. The highest BCUT2D eigenvalue weighted by Crippen LogP contribution is 2.16.